The Kier molecular flexibility index (Phi) is 5.58. The number of carbonyl (C=O) groups is 2. The third kappa shape index (κ3) is 3.72. The third-order valence-corrected chi connectivity index (χ3v) is 4.78. The monoisotopic (exact) mass is 400 g/mol. The molecule has 27 heavy (non-hydrogen) atoms. The summed E-state index contributed by atoms with van der Waals surface area (Å²) in [5.41, 5.74) is 2.21. The van der Waals surface area contributed by atoms with Crippen molar-refractivity contribution in [3.05, 3.63) is 64.2 Å². The Morgan fingerprint density at radius 2 is 1.96 bits per heavy atom. The fourth-order valence-electron chi connectivity index (χ4n) is 2.84. The molecule has 0 spiro atoms. The Morgan fingerprint density at radius 3 is 2.63 bits per heavy atom. The van der Waals surface area contributed by atoms with Gasteiger partial charge in [0.05, 0.1) is 17.8 Å². The SMILES string of the molecule is CCc1ccccc1N1C(=O)/C(=C/c2ccc(OC)c(Cl)c2)C(=O)NC1=S. The van der Waals surface area contributed by atoms with Crippen LogP contribution < -0.4 is 15.0 Å². The normalized spacial score (nSPS) is 15.9. The van der Waals surface area contributed by atoms with E-state index >= 15 is 0 Å². The van der Waals surface area contributed by atoms with Crippen molar-refractivity contribution in [2.24, 2.45) is 0 Å². The van der Waals surface area contributed by atoms with Crippen molar-refractivity contribution in [2.75, 3.05) is 12.0 Å². The van der Waals surface area contributed by atoms with E-state index < -0.39 is 11.8 Å². The van der Waals surface area contributed by atoms with Gasteiger partial charge >= 0.3 is 0 Å². The second-order valence-electron chi connectivity index (χ2n) is 5.83. The van der Waals surface area contributed by atoms with Crippen molar-refractivity contribution in [1.29, 1.82) is 0 Å². The number of anilines is 1. The van der Waals surface area contributed by atoms with Gasteiger partial charge in [-0.2, -0.15) is 0 Å². The lowest BCUT2D eigenvalue weighted by molar-refractivity contribution is -0.122. The summed E-state index contributed by atoms with van der Waals surface area (Å²) >= 11 is 11.4. The summed E-state index contributed by atoms with van der Waals surface area (Å²) in [5, 5.41) is 3.04. The van der Waals surface area contributed by atoms with E-state index in [4.69, 9.17) is 28.6 Å². The molecule has 0 aromatic heterocycles. The number of nitrogens with zero attached hydrogens (tertiary/aromatic N) is 1. The first-order valence-electron chi connectivity index (χ1n) is 8.29. The summed E-state index contributed by atoms with van der Waals surface area (Å²) < 4.78 is 5.12. The van der Waals surface area contributed by atoms with E-state index in [0.717, 1.165) is 12.0 Å². The summed E-state index contributed by atoms with van der Waals surface area (Å²) in [4.78, 5) is 26.8. The molecular formula is C20H17ClN2O3S. The van der Waals surface area contributed by atoms with Crippen molar-refractivity contribution in [1.82, 2.24) is 5.32 Å². The molecule has 138 valence electrons. The molecule has 7 heteroatoms. The van der Waals surface area contributed by atoms with E-state index in [2.05, 4.69) is 5.32 Å². The molecule has 1 fully saturated rings. The number of hydrogen-bond donors (Lipinski definition) is 1. The number of amides is 2. The minimum absolute atomic E-state index is 0.0178. The summed E-state index contributed by atoms with van der Waals surface area (Å²) in [6.45, 7) is 1.99. The van der Waals surface area contributed by atoms with Crippen LogP contribution in [0.5, 0.6) is 5.75 Å². The first-order valence-corrected chi connectivity index (χ1v) is 9.07. The minimum atomic E-state index is -0.540. The van der Waals surface area contributed by atoms with E-state index in [-0.39, 0.29) is 10.7 Å². The van der Waals surface area contributed by atoms with Gasteiger partial charge in [-0.3, -0.25) is 19.8 Å². The van der Waals surface area contributed by atoms with Gasteiger partial charge in [0, 0.05) is 0 Å². The van der Waals surface area contributed by atoms with Crippen molar-refractivity contribution in [2.45, 2.75) is 13.3 Å². The Balaban J connectivity index is 2.03. The van der Waals surface area contributed by atoms with Gasteiger partial charge in [0.1, 0.15) is 11.3 Å². The van der Waals surface area contributed by atoms with Gasteiger partial charge in [-0.15, -0.1) is 0 Å². The molecule has 2 amide bonds. The molecule has 2 aromatic carbocycles. The second kappa shape index (κ2) is 7.90. The summed E-state index contributed by atoms with van der Waals surface area (Å²) in [6, 6.07) is 12.5. The number of benzene rings is 2. The fraction of sp³-hybridized carbons (Fsp3) is 0.150. The maximum atomic E-state index is 13.1. The van der Waals surface area contributed by atoms with Crippen LogP contribution in [0.15, 0.2) is 48.0 Å². The van der Waals surface area contributed by atoms with Gasteiger partial charge in [0.15, 0.2) is 5.11 Å². The number of halogens is 1. The summed E-state index contributed by atoms with van der Waals surface area (Å²) in [7, 11) is 1.52. The van der Waals surface area contributed by atoms with Gasteiger partial charge in [-0.1, -0.05) is 42.8 Å². The van der Waals surface area contributed by atoms with Crippen LogP contribution in [0.2, 0.25) is 5.02 Å². The van der Waals surface area contributed by atoms with Gasteiger partial charge in [0.25, 0.3) is 11.8 Å². The van der Waals surface area contributed by atoms with E-state index in [1.807, 2.05) is 31.2 Å². The van der Waals surface area contributed by atoms with E-state index in [1.54, 1.807) is 18.2 Å². The molecule has 3 rings (SSSR count). The number of thiocarbonyl (C=S) groups is 1. The third-order valence-electron chi connectivity index (χ3n) is 4.20. The van der Waals surface area contributed by atoms with Crippen LogP contribution in [0.25, 0.3) is 6.08 Å². The molecule has 0 radical (unpaired) electrons. The fourth-order valence-corrected chi connectivity index (χ4v) is 3.38. The molecule has 1 aliphatic rings. The molecule has 0 aliphatic carbocycles. The highest BCUT2D eigenvalue weighted by Gasteiger charge is 2.35. The Hall–Kier alpha value is -2.70. The van der Waals surface area contributed by atoms with Crippen LogP contribution in [0.4, 0.5) is 5.69 Å². The molecule has 2 aromatic rings. The zero-order valence-electron chi connectivity index (χ0n) is 14.8. The Morgan fingerprint density at radius 1 is 1.22 bits per heavy atom. The number of carbonyl (C=O) groups excluding carboxylic acids is 2. The largest absolute Gasteiger partial charge is 0.495 e. The lowest BCUT2D eigenvalue weighted by Crippen LogP contribution is -2.54. The van der Waals surface area contributed by atoms with Crippen LogP contribution in [-0.4, -0.2) is 24.0 Å². The molecule has 1 N–H and O–H groups in total. The van der Waals surface area contributed by atoms with Gasteiger partial charge in [-0.05, 0) is 54.0 Å². The van der Waals surface area contributed by atoms with Crippen molar-refractivity contribution >= 4 is 52.5 Å². The molecule has 5 nitrogen and oxygen atoms in total. The lowest BCUT2D eigenvalue weighted by Gasteiger charge is -2.30. The molecule has 0 unspecified atom stereocenters. The molecule has 1 saturated heterocycles. The van der Waals surface area contributed by atoms with Gasteiger partial charge in [0.2, 0.25) is 0 Å². The van der Waals surface area contributed by atoms with Crippen molar-refractivity contribution < 1.29 is 14.3 Å². The average molecular weight is 401 g/mol. The van der Waals surface area contributed by atoms with Crippen LogP contribution in [0, 0.1) is 0 Å². The van der Waals surface area contributed by atoms with Gasteiger partial charge in [-0.25, -0.2) is 0 Å². The Bertz CT molecular complexity index is 971. The maximum Gasteiger partial charge on any atom is 0.270 e. The zero-order valence-corrected chi connectivity index (χ0v) is 16.4. The number of aryl methyl sites for hydroxylation is 1. The topological polar surface area (TPSA) is 58.6 Å². The molecule has 1 heterocycles. The molecular weight excluding hydrogens is 384 g/mol. The molecule has 0 atom stereocenters. The van der Waals surface area contributed by atoms with E-state index in [9.17, 15) is 9.59 Å². The van der Waals surface area contributed by atoms with Crippen LogP contribution in [-0.2, 0) is 16.0 Å². The summed E-state index contributed by atoms with van der Waals surface area (Å²) in [6.07, 6.45) is 2.22. The molecule has 0 bridgehead atoms. The van der Waals surface area contributed by atoms with Crippen LogP contribution in [0.3, 0.4) is 0 Å². The highest BCUT2D eigenvalue weighted by atomic mass is 35.5. The summed E-state index contributed by atoms with van der Waals surface area (Å²) in [5.74, 6) is -0.503. The molecule has 1 aliphatic heterocycles. The number of rotatable bonds is 4. The standard InChI is InChI=1S/C20H17ClN2O3S/c1-3-13-6-4-5-7-16(13)23-19(25)14(18(24)22-20(23)27)10-12-8-9-17(26-2)15(21)11-12/h4-11H,3H2,1-2H3,(H,22,24,27)/b14-10+. The number of methoxy groups -OCH3 is 1. The second-order valence-corrected chi connectivity index (χ2v) is 6.63. The predicted molar refractivity (Wildman–Crippen MR) is 110 cm³/mol. The van der Waals surface area contributed by atoms with E-state index in [1.165, 1.54) is 18.1 Å². The first kappa shape index (κ1) is 19.1. The minimum Gasteiger partial charge on any atom is -0.495 e. The van der Waals surface area contributed by atoms with E-state index in [0.29, 0.717) is 22.0 Å². The lowest BCUT2D eigenvalue weighted by atomic mass is 10.0. The Labute approximate surface area is 167 Å². The average Bonchev–Trinajstić information content (AvgIpc) is 2.65. The van der Waals surface area contributed by atoms with Gasteiger partial charge < -0.3 is 4.74 Å². The number of ether oxygens (including phenoxy) is 1. The quantitative estimate of drug-likeness (QED) is 0.482. The highest BCUT2D eigenvalue weighted by molar-refractivity contribution is 7.80. The first-order chi connectivity index (χ1) is 13.0. The van der Waals surface area contributed by atoms with Crippen LogP contribution in [0.1, 0.15) is 18.1 Å². The highest BCUT2D eigenvalue weighted by Crippen LogP contribution is 2.28. The predicted octanol–water partition coefficient (Wildman–Crippen LogP) is 3.74. The number of nitrogens with one attached hydrogen (secondary N) is 1. The number of hydrogen-bond acceptors (Lipinski definition) is 4. The van der Waals surface area contributed by atoms with Crippen molar-refractivity contribution in [3.8, 4) is 5.75 Å². The van der Waals surface area contributed by atoms with Crippen LogP contribution >= 0.6 is 23.8 Å². The maximum absolute atomic E-state index is 13.1. The molecule has 0 saturated carbocycles. The smallest absolute Gasteiger partial charge is 0.270 e. The zero-order chi connectivity index (χ0) is 19.6. The van der Waals surface area contributed by atoms with Crippen molar-refractivity contribution in [3.63, 3.8) is 0 Å². The number of para-hydroxylation sites is 1.